The monoisotopic (exact) mass is 413 g/mol. The van der Waals surface area contributed by atoms with Gasteiger partial charge in [0.05, 0.1) is 11.1 Å². The molecule has 1 aromatic heterocycles. The molecule has 0 radical (unpaired) electrons. The average molecular weight is 414 g/mol. The zero-order valence-electron chi connectivity index (χ0n) is 18.3. The lowest BCUT2D eigenvalue weighted by Crippen LogP contribution is -2.23. The van der Waals surface area contributed by atoms with Crippen LogP contribution in [-0.4, -0.2) is 17.6 Å². The van der Waals surface area contributed by atoms with E-state index in [0.717, 1.165) is 53.1 Å². The van der Waals surface area contributed by atoms with Crippen LogP contribution >= 0.6 is 0 Å². The molecule has 1 fully saturated rings. The Morgan fingerprint density at radius 1 is 1.00 bits per heavy atom. The summed E-state index contributed by atoms with van der Waals surface area (Å²) in [6.07, 6.45) is 5.04. The van der Waals surface area contributed by atoms with E-state index in [1.54, 1.807) is 0 Å². The first kappa shape index (κ1) is 19.8. The Morgan fingerprint density at radius 2 is 1.77 bits per heavy atom. The summed E-state index contributed by atoms with van der Waals surface area (Å²) in [4.78, 5) is 18.2. The standard InChI is InChI=1S/C27H27NO3/c1-4-19-7-5-6-8-21(19)22-15-28-23(18(3)17(22)2)14-26(29)27(11-12-27)20-9-10-24-25(13-20)31-16-30-24/h5-10,13,15H,4,11-12,14,16H2,1-3H3. The Bertz CT molecular complexity index is 1180. The summed E-state index contributed by atoms with van der Waals surface area (Å²) < 4.78 is 10.9. The van der Waals surface area contributed by atoms with Gasteiger partial charge in [0.2, 0.25) is 6.79 Å². The molecular weight excluding hydrogens is 386 g/mol. The zero-order valence-corrected chi connectivity index (χ0v) is 18.3. The molecule has 1 aliphatic heterocycles. The maximum Gasteiger partial charge on any atom is 0.231 e. The first-order chi connectivity index (χ1) is 15.0. The largest absolute Gasteiger partial charge is 0.454 e. The number of ketones is 1. The van der Waals surface area contributed by atoms with Crippen molar-refractivity contribution >= 4 is 5.78 Å². The Balaban J connectivity index is 1.43. The Morgan fingerprint density at radius 3 is 2.55 bits per heavy atom. The van der Waals surface area contributed by atoms with Gasteiger partial charge in [-0.3, -0.25) is 9.78 Å². The normalized spacial score (nSPS) is 15.7. The molecule has 5 rings (SSSR count). The van der Waals surface area contributed by atoms with E-state index in [0.29, 0.717) is 6.42 Å². The Kier molecular flexibility index (Phi) is 4.81. The third kappa shape index (κ3) is 3.31. The van der Waals surface area contributed by atoms with Gasteiger partial charge in [-0.2, -0.15) is 0 Å². The summed E-state index contributed by atoms with van der Waals surface area (Å²) in [6.45, 7) is 6.64. The van der Waals surface area contributed by atoms with Crippen LogP contribution in [0.4, 0.5) is 0 Å². The van der Waals surface area contributed by atoms with Crippen LogP contribution in [-0.2, 0) is 23.1 Å². The van der Waals surface area contributed by atoms with E-state index in [1.807, 2.05) is 24.4 Å². The van der Waals surface area contributed by atoms with Gasteiger partial charge in [-0.25, -0.2) is 0 Å². The topological polar surface area (TPSA) is 48.4 Å². The lowest BCUT2D eigenvalue weighted by Gasteiger charge is -2.18. The third-order valence-electron chi connectivity index (χ3n) is 6.97. The van der Waals surface area contributed by atoms with Crippen LogP contribution < -0.4 is 9.47 Å². The van der Waals surface area contributed by atoms with Gasteiger partial charge in [-0.05, 0) is 73.1 Å². The molecule has 0 atom stereocenters. The van der Waals surface area contributed by atoms with Crippen LogP contribution in [0, 0.1) is 13.8 Å². The molecule has 2 aromatic carbocycles. The molecule has 0 amide bonds. The number of benzene rings is 2. The molecule has 0 bridgehead atoms. The highest BCUT2D eigenvalue weighted by Crippen LogP contribution is 2.51. The number of aryl methyl sites for hydroxylation is 1. The van der Waals surface area contributed by atoms with Crippen molar-refractivity contribution in [2.75, 3.05) is 6.79 Å². The number of pyridine rings is 1. The van der Waals surface area contributed by atoms with Crippen LogP contribution in [0.2, 0.25) is 0 Å². The van der Waals surface area contributed by atoms with E-state index in [2.05, 4.69) is 45.0 Å². The minimum Gasteiger partial charge on any atom is -0.454 e. The summed E-state index contributed by atoms with van der Waals surface area (Å²) in [7, 11) is 0. The van der Waals surface area contributed by atoms with E-state index in [4.69, 9.17) is 14.5 Å². The predicted octanol–water partition coefficient (Wildman–Crippen LogP) is 5.50. The molecule has 0 saturated heterocycles. The van der Waals surface area contributed by atoms with Gasteiger partial charge in [-0.15, -0.1) is 0 Å². The van der Waals surface area contributed by atoms with Crippen LogP contribution in [0.15, 0.2) is 48.7 Å². The van der Waals surface area contributed by atoms with Gasteiger partial charge < -0.3 is 9.47 Å². The number of aromatic nitrogens is 1. The highest BCUT2D eigenvalue weighted by molar-refractivity contribution is 5.95. The molecule has 3 aromatic rings. The number of Topliss-reactive ketones (excluding diaryl/α,β-unsaturated/α-hetero) is 1. The maximum atomic E-state index is 13.4. The summed E-state index contributed by atoms with van der Waals surface area (Å²) in [5, 5.41) is 0. The molecule has 1 saturated carbocycles. The fourth-order valence-corrected chi connectivity index (χ4v) is 4.66. The number of fused-ring (bicyclic) bond motifs is 1. The molecule has 0 spiro atoms. The number of ether oxygens (including phenoxy) is 2. The highest BCUT2D eigenvalue weighted by Gasteiger charge is 2.51. The van der Waals surface area contributed by atoms with Gasteiger partial charge in [0.15, 0.2) is 11.5 Å². The number of carbonyl (C=O) groups is 1. The number of hydrogen-bond donors (Lipinski definition) is 0. The lowest BCUT2D eigenvalue weighted by molar-refractivity contribution is -0.120. The zero-order chi connectivity index (χ0) is 21.6. The van der Waals surface area contributed by atoms with Gasteiger partial charge in [0.25, 0.3) is 0 Å². The van der Waals surface area contributed by atoms with Crippen molar-refractivity contribution in [2.24, 2.45) is 0 Å². The van der Waals surface area contributed by atoms with E-state index >= 15 is 0 Å². The second-order valence-electron chi connectivity index (χ2n) is 8.63. The van der Waals surface area contributed by atoms with Crippen molar-refractivity contribution in [1.29, 1.82) is 0 Å². The number of rotatable bonds is 6. The van der Waals surface area contributed by atoms with E-state index in [9.17, 15) is 4.79 Å². The molecule has 0 unspecified atom stereocenters. The van der Waals surface area contributed by atoms with E-state index in [1.165, 1.54) is 16.7 Å². The quantitative estimate of drug-likeness (QED) is 0.535. The smallest absolute Gasteiger partial charge is 0.231 e. The molecule has 0 N–H and O–H groups in total. The van der Waals surface area contributed by atoms with E-state index in [-0.39, 0.29) is 12.6 Å². The Labute approximate surface area is 183 Å². The van der Waals surface area contributed by atoms with Crippen LogP contribution in [0.5, 0.6) is 11.5 Å². The summed E-state index contributed by atoms with van der Waals surface area (Å²) in [6, 6.07) is 14.4. The molecular formula is C27H27NO3. The van der Waals surface area contributed by atoms with Gasteiger partial charge >= 0.3 is 0 Å². The van der Waals surface area contributed by atoms with Crippen LogP contribution in [0.3, 0.4) is 0 Å². The molecule has 31 heavy (non-hydrogen) atoms. The SMILES string of the molecule is CCc1ccccc1-c1cnc(CC(=O)C2(c3ccc4c(c3)OCO4)CC2)c(C)c1C. The molecule has 2 aliphatic rings. The van der Waals surface area contributed by atoms with Crippen molar-refractivity contribution < 1.29 is 14.3 Å². The fourth-order valence-electron chi connectivity index (χ4n) is 4.66. The fraction of sp³-hybridized carbons (Fsp3) is 0.333. The van der Waals surface area contributed by atoms with Crippen molar-refractivity contribution in [2.45, 2.75) is 51.9 Å². The summed E-state index contributed by atoms with van der Waals surface area (Å²) in [5.74, 6) is 1.73. The summed E-state index contributed by atoms with van der Waals surface area (Å²) in [5.41, 5.74) is 7.52. The first-order valence-corrected chi connectivity index (χ1v) is 11.0. The van der Waals surface area contributed by atoms with Gasteiger partial charge in [-0.1, -0.05) is 37.3 Å². The third-order valence-corrected chi connectivity index (χ3v) is 6.97. The molecule has 1 aliphatic carbocycles. The Hall–Kier alpha value is -3.14. The second kappa shape index (κ2) is 7.52. The lowest BCUT2D eigenvalue weighted by atomic mass is 9.87. The second-order valence-corrected chi connectivity index (χ2v) is 8.63. The minimum atomic E-state index is -0.406. The van der Waals surface area contributed by atoms with Gasteiger partial charge in [0.1, 0.15) is 5.78 Å². The van der Waals surface area contributed by atoms with Crippen molar-refractivity contribution in [3.63, 3.8) is 0 Å². The van der Waals surface area contributed by atoms with Gasteiger partial charge in [0, 0.05) is 18.2 Å². The molecule has 4 nitrogen and oxygen atoms in total. The maximum absolute atomic E-state index is 13.4. The summed E-state index contributed by atoms with van der Waals surface area (Å²) >= 11 is 0. The first-order valence-electron chi connectivity index (χ1n) is 11.0. The molecule has 158 valence electrons. The van der Waals surface area contributed by atoms with Crippen LogP contribution in [0.25, 0.3) is 11.1 Å². The highest BCUT2D eigenvalue weighted by atomic mass is 16.7. The van der Waals surface area contributed by atoms with E-state index < -0.39 is 5.41 Å². The minimum absolute atomic E-state index is 0.239. The van der Waals surface area contributed by atoms with Crippen molar-refractivity contribution in [3.05, 3.63) is 76.6 Å². The number of hydrogen-bond acceptors (Lipinski definition) is 4. The predicted molar refractivity (Wildman–Crippen MR) is 121 cm³/mol. The van der Waals surface area contributed by atoms with Crippen LogP contribution in [0.1, 0.15) is 47.7 Å². The van der Waals surface area contributed by atoms with Crippen molar-refractivity contribution in [1.82, 2.24) is 4.98 Å². The molecule has 4 heteroatoms. The molecule has 2 heterocycles. The average Bonchev–Trinajstić information content (AvgIpc) is 3.48. The number of nitrogens with zero attached hydrogens (tertiary/aromatic N) is 1. The number of carbonyl (C=O) groups excluding carboxylic acids is 1. The van der Waals surface area contributed by atoms with Crippen molar-refractivity contribution in [3.8, 4) is 22.6 Å².